The molecule has 0 spiro atoms. The van der Waals surface area contributed by atoms with Crippen LogP contribution in [0.25, 0.3) is 0 Å². The van der Waals surface area contributed by atoms with Crippen LogP contribution in [0.4, 0.5) is 0 Å². The molecule has 1 amide bonds. The minimum Gasteiger partial charge on any atom is -0.336 e. The van der Waals surface area contributed by atoms with Crippen LogP contribution in [0, 0.1) is 0 Å². The molecule has 0 atom stereocenters. The smallest absolute Gasteiger partial charge is 0.255 e. The van der Waals surface area contributed by atoms with Crippen molar-refractivity contribution in [2.24, 2.45) is 0 Å². The molecule has 0 aromatic carbocycles. The van der Waals surface area contributed by atoms with Gasteiger partial charge in [0.1, 0.15) is 0 Å². The highest BCUT2D eigenvalue weighted by molar-refractivity contribution is 6.18. The largest absolute Gasteiger partial charge is 0.336 e. The molecule has 0 aliphatic carbocycles. The zero-order valence-corrected chi connectivity index (χ0v) is 10.4. The first kappa shape index (κ1) is 12.3. The number of hydrogen-bond acceptors (Lipinski definition) is 3. The van der Waals surface area contributed by atoms with Gasteiger partial charge in [0.25, 0.3) is 5.91 Å². The standard InChI is InChI=1S/C12H16ClN3O/c13-3-5-15-6-8-16(9-7-15)12(17)11-2-1-4-14-10-11/h1-2,4,10H,3,5-9H2. The number of carbonyl (C=O) groups excluding carboxylic acids is 1. The highest BCUT2D eigenvalue weighted by atomic mass is 35.5. The van der Waals surface area contributed by atoms with E-state index < -0.39 is 0 Å². The molecule has 1 aromatic rings. The Labute approximate surface area is 106 Å². The summed E-state index contributed by atoms with van der Waals surface area (Å²) in [6.45, 7) is 4.24. The molecule has 1 aliphatic heterocycles. The Balaban J connectivity index is 1.91. The van der Waals surface area contributed by atoms with Gasteiger partial charge >= 0.3 is 0 Å². The molecular formula is C12H16ClN3O. The lowest BCUT2D eigenvalue weighted by Gasteiger charge is -2.34. The molecule has 1 aromatic heterocycles. The van der Waals surface area contributed by atoms with Crippen molar-refractivity contribution in [1.82, 2.24) is 14.8 Å². The van der Waals surface area contributed by atoms with Gasteiger partial charge in [0, 0.05) is 51.0 Å². The van der Waals surface area contributed by atoms with Crippen molar-refractivity contribution in [2.45, 2.75) is 0 Å². The van der Waals surface area contributed by atoms with Crippen LogP contribution < -0.4 is 0 Å². The summed E-state index contributed by atoms with van der Waals surface area (Å²) in [6, 6.07) is 3.59. The second-order valence-corrected chi connectivity index (χ2v) is 4.44. The van der Waals surface area contributed by atoms with Crippen LogP contribution in [0.15, 0.2) is 24.5 Å². The molecule has 2 rings (SSSR count). The molecule has 2 heterocycles. The molecule has 0 radical (unpaired) electrons. The summed E-state index contributed by atoms with van der Waals surface area (Å²) in [5, 5.41) is 0. The Morgan fingerprint density at radius 3 is 2.71 bits per heavy atom. The summed E-state index contributed by atoms with van der Waals surface area (Å²) in [4.78, 5) is 20.2. The van der Waals surface area contributed by atoms with Crippen LogP contribution >= 0.6 is 11.6 Å². The third-order valence-electron chi connectivity index (χ3n) is 2.97. The number of hydrogen-bond donors (Lipinski definition) is 0. The minimum atomic E-state index is 0.0728. The van der Waals surface area contributed by atoms with Crippen molar-refractivity contribution in [1.29, 1.82) is 0 Å². The van der Waals surface area contributed by atoms with Crippen molar-refractivity contribution in [2.75, 3.05) is 38.6 Å². The number of piperazine rings is 1. The lowest BCUT2D eigenvalue weighted by molar-refractivity contribution is 0.0644. The summed E-state index contributed by atoms with van der Waals surface area (Å²) >= 11 is 5.70. The van der Waals surface area contributed by atoms with E-state index in [0.717, 1.165) is 32.7 Å². The van der Waals surface area contributed by atoms with Crippen molar-refractivity contribution in [3.05, 3.63) is 30.1 Å². The predicted octanol–water partition coefficient (Wildman–Crippen LogP) is 1.08. The van der Waals surface area contributed by atoms with Crippen LogP contribution in [0.2, 0.25) is 0 Å². The first-order chi connectivity index (χ1) is 8.31. The normalized spacial score (nSPS) is 17.1. The van der Waals surface area contributed by atoms with Gasteiger partial charge in [-0.25, -0.2) is 0 Å². The van der Waals surface area contributed by atoms with E-state index in [0.29, 0.717) is 11.4 Å². The number of pyridine rings is 1. The van der Waals surface area contributed by atoms with Gasteiger partial charge in [-0.15, -0.1) is 11.6 Å². The maximum atomic E-state index is 12.1. The molecule has 1 aliphatic rings. The summed E-state index contributed by atoms with van der Waals surface area (Å²) in [7, 11) is 0. The number of carbonyl (C=O) groups is 1. The molecule has 0 N–H and O–H groups in total. The topological polar surface area (TPSA) is 36.4 Å². The maximum absolute atomic E-state index is 12.1. The van der Waals surface area contributed by atoms with Gasteiger partial charge in [-0.2, -0.15) is 0 Å². The number of amides is 1. The van der Waals surface area contributed by atoms with Crippen LogP contribution in [0.3, 0.4) is 0 Å². The zero-order chi connectivity index (χ0) is 12.1. The number of aromatic nitrogens is 1. The van der Waals surface area contributed by atoms with Gasteiger partial charge in [-0.3, -0.25) is 14.7 Å². The SMILES string of the molecule is O=C(c1cccnc1)N1CCN(CCCl)CC1. The van der Waals surface area contributed by atoms with Gasteiger partial charge in [-0.1, -0.05) is 0 Å². The van der Waals surface area contributed by atoms with Gasteiger partial charge in [-0.05, 0) is 12.1 Å². The summed E-state index contributed by atoms with van der Waals surface area (Å²) < 4.78 is 0. The first-order valence-corrected chi connectivity index (χ1v) is 6.32. The van der Waals surface area contributed by atoms with E-state index >= 15 is 0 Å². The Kier molecular flexibility index (Phi) is 4.34. The van der Waals surface area contributed by atoms with E-state index in [1.165, 1.54) is 0 Å². The van der Waals surface area contributed by atoms with Gasteiger partial charge in [0.2, 0.25) is 0 Å². The molecule has 17 heavy (non-hydrogen) atoms. The minimum absolute atomic E-state index is 0.0728. The molecule has 0 saturated carbocycles. The highest BCUT2D eigenvalue weighted by Gasteiger charge is 2.21. The second-order valence-electron chi connectivity index (χ2n) is 4.06. The Bertz CT molecular complexity index is 363. The lowest BCUT2D eigenvalue weighted by Crippen LogP contribution is -2.49. The van der Waals surface area contributed by atoms with E-state index in [4.69, 9.17) is 11.6 Å². The second kappa shape index (κ2) is 5.98. The summed E-state index contributed by atoms with van der Waals surface area (Å²) in [5.74, 6) is 0.722. The number of halogens is 1. The molecule has 0 bridgehead atoms. The highest BCUT2D eigenvalue weighted by Crippen LogP contribution is 2.07. The lowest BCUT2D eigenvalue weighted by atomic mass is 10.2. The van der Waals surface area contributed by atoms with Crippen molar-refractivity contribution in [3.63, 3.8) is 0 Å². The third kappa shape index (κ3) is 3.17. The Hall–Kier alpha value is -1.13. The van der Waals surface area contributed by atoms with E-state index in [1.54, 1.807) is 24.5 Å². The average Bonchev–Trinajstić information content (AvgIpc) is 2.40. The quantitative estimate of drug-likeness (QED) is 0.757. The fourth-order valence-corrected chi connectivity index (χ4v) is 2.20. The van der Waals surface area contributed by atoms with Crippen LogP contribution in [-0.4, -0.2) is 59.3 Å². The van der Waals surface area contributed by atoms with Crippen LogP contribution in [0.5, 0.6) is 0 Å². The molecule has 5 heteroatoms. The zero-order valence-electron chi connectivity index (χ0n) is 9.68. The maximum Gasteiger partial charge on any atom is 0.255 e. The van der Waals surface area contributed by atoms with Crippen molar-refractivity contribution < 1.29 is 4.79 Å². The molecule has 4 nitrogen and oxygen atoms in total. The summed E-state index contributed by atoms with van der Waals surface area (Å²) in [6.07, 6.45) is 3.29. The van der Waals surface area contributed by atoms with Crippen LogP contribution in [-0.2, 0) is 0 Å². The number of alkyl halides is 1. The third-order valence-corrected chi connectivity index (χ3v) is 3.14. The molecular weight excluding hydrogens is 238 g/mol. The fraction of sp³-hybridized carbons (Fsp3) is 0.500. The Morgan fingerprint density at radius 1 is 1.35 bits per heavy atom. The number of rotatable bonds is 3. The van der Waals surface area contributed by atoms with E-state index in [1.807, 2.05) is 4.90 Å². The van der Waals surface area contributed by atoms with E-state index in [-0.39, 0.29) is 5.91 Å². The fourth-order valence-electron chi connectivity index (χ4n) is 1.97. The van der Waals surface area contributed by atoms with Crippen molar-refractivity contribution >= 4 is 17.5 Å². The average molecular weight is 254 g/mol. The van der Waals surface area contributed by atoms with Gasteiger partial charge in [0.15, 0.2) is 0 Å². The molecule has 1 fully saturated rings. The Morgan fingerprint density at radius 2 is 2.12 bits per heavy atom. The molecule has 0 unspecified atom stereocenters. The first-order valence-electron chi connectivity index (χ1n) is 5.79. The molecule has 1 saturated heterocycles. The van der Waals surface area contributed by atoms with Gasteiger partial charge < -0.3 is 4.90 Å². The van der Waals surface area contributed by atoms with Crippen LogP contribution in [0.1, 0.15) is 10.4 Å². The van der Waals surface area contributed by atoms with Crippen molar-refractivity contribution in [3.8, 4) is 0 Å². The predicted molar refractivity (Wildman–Crippen MR) is 67.3 cm³/mol. The van der Waals surface area contributed by atoms with Gasteiger partial charge in [0.05, 0.1) is 5.56 Å². The monoisotopic (exact) mass is 253 g/mol. The van der Waals surface area contributed by atoms with E-state index in [2.05, 4.69) is 9.88 Å². The van der Waals surface area contributed by atoms with E-state index in [9.17, 15) is 4.79 Å². The summed E-state index contributed by atoms with van der Waals surface area (Å²) in [5.41, 5.74) is 0.665. The number of nitrogens with zero attached hydrogens (tertiary/aromatic N) is 3. The molecule has 92 valence electrons.